The molecule has 2 aromatic heterocycles. The first-order valence-electron chi connectivity index (χ1n) is 7.73. The van der Waals surface area contributed by atoms with E-state index >= 15 is 0 Å². The molecule has 1 aliphatic rings. The maximum absolute atomic E-state index is 10.0. The Bertz CT molecular complexity index is 546. The Morgan fingerprint density at radius 2 is 2.32 bits per heavy atom. The van der Waals surface area contributed by atoms with E-state index in [1.165, 1.54) is 6.42 Å². The first-order chi connectivity index (χ1) is 10.8. The zero-order valence-corrected chi connectivity index (χ0v) is 12.5. The van der Waals surface area contributed by atoms with E-state index in [2.05, 4.69) is 25.5 Å². The topological polar surface area (TPSA) is 79.1 Å². The van der Waals surface area contributed by atoms with Crippen LogP contribution in [0.15, 0.2) is 36.8 Å². The summed E-state index contributed by atoms with van der Waals surface area (Å²) in [4.78, 5) is 2.29. The summed E-state index contributed by atoms with van der Waals surface area (Å²) in [5.74, 6) is 0.934. The van der Waals surface area contributed by atoms with Gasteiger partial charge in [0.25, 0.3) is 0 Å². The van der Waals surface area contributed by atoms with Gasteiger partial charge in [0.2, 0.25) is 0 Å². The fourth-order valence-corrected chi connectivity index (χ4v) is 2.90. The van der Waals surface area contributed by atoms with Crippen molar-refractivity contribution in [3.63, 3.8) is 0 Å². The third kappa shape index (κ3) is 3.80. The molecule has 1 fully saturated rings. The normalized spacial score (nSPS) is 19.5. The molecule has 0 radical (unpaired) electrons. The molecule has 1 aliphatic heterocycles. The number of nitrogens with zero attached hydrogens (tertiary/aromatic N) is 5. The average Bonchev–Trinajstić information content (AvgIpc) is 3.20. The largest absolute Gasteiger partial charge is 0.390 e. The van der Waals surface area contributed by atoms with Crippen LogP contribution in [0.3, 0.4) is 0 Å². The van der Waals surface area contributed by atoms with E-state index in [0.29, 0.717) is 19.1 Å². The van der Waals surface area contributed by atoms with Gasteiger partial charge in [-0.05, 0) is 31.0 Å². The van der Waals surface area contributed by atoms with Gasteiger partial charge in [0, 0.05) is 44.3 Å². The standard InChI is InChI=1S/C15H22N6O/c22-14(12-20-8-3-7-18-20)11-16-10-13-4-2-9-21(13)15-5-1-6-17-19-15/h1,3,5-8,13-14,16,22H,2,4,9-12H2/t13-,14+/m0/s1. The van der Waals surface area contributed by atoms with Crippen molar-refractivity contribution in [2.24, 2.45) is 0 Å². The molecule has 0 spiro atoms. The second-order valence-corrected chi connectivity index (χ2v) is 5.61. The predicted octanol–water partition coefficient (Wildman–Crippen LogP) is 0.293. The maximum Gasteiger partial charge on any atom is 0.151 e. The number of rotatable bonds is 7. The molecular weight excluding hydrogens is 280 g/mol. The van der Waals surface area contributed by atoms with Crippen LogP contribution in [0.25, 0.3) is 0 Å². The second-order valence-electron chi connectivity index (χ2n) is 5.61. The van der Waals surface area contributed by atoms with Gasteiger partial charge in [-0.15, -0.1) is 5.10 Å². The van der Waals surface area contributed by atoms with Crippen molar-refractivity contribution >= 4 is 5.82 Å². The van der Waals surface area contributed by atoms with Gasteiger partial charge < -0.3 is 15.3 Å². The molecule has 0 amide bonds. The summed E-state index contributed by atoms with van der Waals surface area (Å²) >= 11 is 0. The Balaban J connectivity index is 1.44. The fraction of sp³-hybridized carbons (Fsp3) is 0.533. The van der Waals surface area contributed by atoms with Crippen LogP contribution in [-0.2, 0) is 6.54 Å². The molecule has 0 aromatic carbocycles. The van der Waals surface area contributed by atoms with Crippen LogP contribution in [0.1, 0.15) is 12.8 Å². The van der Waals surface area contributed by atoms with Gasteiger partial charge in [-0.2, -0.15) is 10.2 Å². The highest BCUT2D eigenvalue weighted by atomic mass is 16.3. The minimum atomic E-state index is -0.439. The van der Waals surface area contributed by atoms with E-state index in [-0.39, 0.29) is 0 Å². The summed E-state index contributed by atoms with van der Waals surface area (Å²) in [5.41, 5.74) is 0. The van der Waals surface area contributed by atoms with Gasteiger partial charge >= 0.3 is 0 Å². The van der Waals surface area contributed by atoms with Gasteiger partial charge in [-0.1, -0.05) is 0 Å². The highest BCUT2D eigenvalue weighted by Gasteiger charge is 2.25. The van der Waals surface area contributed by atoms with Crippen molar-refractivity contribution in [3.05, 3.63) is 36.8 Å². The van der Waals surface area contributed by atoms with E-state index in [4.69, 9.17) is 0 Å². The molecule has 2 N–H and O–H groups in total. The summed E-state index contributed by atoms with van der Waals surface area (Å²) in [5, 5.41) is 25.6. The van der Waals surface area contributed by atoms with Crippen molar-refractivity contribution < 1.29 is 5.11 Å². The lowest BCUT2D eigenvalue weighted by atomic mass is 10.2. The smallest absolute Gasteiger partial charge is 0.151 e. The zero-order valence-electron chi connectivity index (χ0n) is 12.5. The molecule has 3 rings (SSSR count). The number of aliphatic hydroxyl groups excluding tert-OH is 1. The third-order valence-corrected chi connectivity index (χ3v) is 3.95. The highest BCUT2D eigenvalue weighted by Crippen LogP contribution is 2.22. The lowest BCUT2D eigenvalue weighted by Gasteiger charge is -2.25. The van der Waals surface area contributed by atoms with Crippen LogP contribution in [0, 0.1) is 0 Å². The molecular formula is C15H22N6O. The summed E-state index contributed by atoms with van der Waals surface area (Å²) in [6.45, 7) is 2.93. The molecule has 7 nitrogen and oxygen atoms in total. The van der Waals surface area contributed by atoms with E-state index in [9.17, 15) is 5.11 Å². The molecule has 0 aliphatic carbocycles. The van der Waals surface area contributed by atoms with Crippen LogP contribution >= 0.6 is 0 Å². The number of aromatic nitrogens is 4. The molecule has 0 bridgehead atoms. The van der Waals surface area contributed by atoms with E-state index < -0.39 is 6.10 Å². The van der Waals surface area contributed by atoms with Crippen LogP contribution in [0.4, 0.5) is 5.82 Å². The summed E-state index contributed by atoms with van der Waals surface area (Å²) < 4.78 is 1.74. The van der Waals surface area contributed by atoms with Crippen LogP contribution in [0.5, 0.6) is 0 Å². The summed E-state index contributed by atoms with van der Waals surface area (Å²) in [6, 6.07) is 6.18. The van der Waals surface area contributed by atoms with Crippen LogP contribution in [-0.4, -0.2) is 56.9 Å². The molecule has 2 aromatic rings. The first kappa shape index (κ1) is 14.9. The molecule has 0 unspecified atom stereocenters. The third-order valence-electron chi connectivity index (χ3n) is 3.95. The zero-order chi connectivity index (χ0) is 15.2. The van der Waals surface area contributed by atoms with E-state index in [1.54, 1.807) is 17.1 Å². The minimum absolute atomic E-state index is 0.411. The van der Waals surface area contributed by atoms with Crippen molar-refractivity contribution in [1.29, 1.82) is 0 Å². The van der Waals surface area contributed by atoms with Crippen molar-refractivity contribution in [3.8, 4) is 0 Å². The lowest BCUT2D eigenvalue weighted by Crippen LogP contribution is -2.41. The van der Waals surface area contributed by atoms with Crippen LogP contribution < -0.4 is 10.2 Å². The quantitative estimate of drug-likeness (QED) is 0.765. The fourth-order valence-electron chi connectivity index (χ4n) is 2.90. The Morgan fingerprint density at radius 1 is 1.36 bits per heavy atom. The number of hydrogen-bond acceptors (Lipinski definition) is 6. The highest BCUT2D eigenvalue weighted by molar-refractivity contribution is 5.39. The molecule has 22 heavy (non-hydrogen) atoms. The van der Waals surface area contributed by atoms with Crippen LogP contribution in [0.2, 0.25) is 0 Å². The molecule has 118 valence electrons. The van der Waals surface area contributed by atoms with Crippen molar-refractivity contribution in [1.82, 2.24) is 25.3 Å². The molecule has 0 saturated carbocycles. The Morgan fingerprint density at radius 3 is 3.09 bits per heavy atom. The Hall–Kier alpha value is -1.99. The molecule has 3 heterocycles. The van der Waals surface area contributed by atoms with Crippen molar-refractivity contribution in [2.75, 3.05) is 24.5 Å². The first-order valence-corrected chi connectivity index (χ1v) is 7.73. The van der Waals surface area contributed by atoms with Crippen molar-refractivity contribution in [2.45, 2.75) is 31.5 Å². The van der Waals surface area contributed by atoms with Gasteiger partial charge in [-0.3, -0.25) is 4.68 Å². The summed E-state index contributed by atoms with van der Waals surface area (Å²) in [7, 11) is 0. The monoisotopic (exact) mass is 302 g/mol. The maximum atomic E-state index is 10.0. The minimum Gasteiger partial charge on any atom is -0.390 e. The van der Waals surface area contributed by atoms with Gasteiger partial charge in [0.05, 0.1) is 12.6 Å². The second kappa shape index (κ2) is 7.33. The Labute approximate surface area is 130 Å². The average molecular weight is 302 g/mol. The summed E-state index contributed by atoms with van der Waals surface area (Å²) in [6.07, 6.45) is 7.13. The van der Waals surface area contributed by atoms with E-state index in [0.717, 1.165) is 25.3 Å². The van der Waals surface area contributed by atoms with Gasteiger partial charge in [-0.25, -0.2) is 0 Å². The molecule has 2 atom stereocenters. The Kier molecular flexibility index (Phi) is 4.97. The SMILES string of the molecule is O[C@H](CNC[C@@H]1CCCN1c1cccnn1)Cn1cccn1. The predicted molar refractivity (Wildman–Crippen MR) is 83.5 cm³/mol. The molecule has 1 saturated heterocycles. The number of nitrogens with one attached hydrogen (secondary N) is 1. The van der Waals surface area contributed by atoms with Gasteiger partial charge in [0.1, 0.15) is 0 Å². The number of hydrogen-bond donors (Lipinski definition) is 2. The lowest BCUT2D eigenvalue weighted by molar-refractivity contribution is 0.146. The molecule has 7 heteroatoms. The number of aliphatic hydroxyl groups is 1. The van der Waals surface area contributed by atoms with Gasteiger partial charge in [0.15, 0.2) is 5.82 Å². The number of anilines is 1. The van der Waals surface area contributed by atoms with E-state index in [1.807, 2.05) is 24.4 Å².